The zero-order valence-corrected chi connectivity index (χ0v) is 15.2. The van der Waals surface area contributed by atoms with Crippen molar-refractivity contribution in [3.05, 3.63) is 34.3 Å². The number of amides is 1. The highest BCUT2D eigenvalue weighted by molar-refractivity contribution is 6.35. The number of rotatable bonds is 4. The fourth-order valence-electron chi connectivity index (χ4n) is 3.30. The van der Waals surface area contributed by atoms with E-state index in [0.717, 1.165) is 24.3 Å². The topological polar surface area (TPSA) is 37.4 Å². The summed E-state index contributed by atoms with van der Waals surface area (Å²) in [5.74, 6) is -0.227. The van der Waals surface area contributed by atoms with Gasteiger partial charge in [-0.25, -0.2) is 0 Å². The highest BCUT2D eigenvalue weighted by atomic mass is 35.5. The van der Waals surface area contributed by atoms with Crippen LogP contribution in [-0.4, -0.2) is 29.7 Å². The molecule has 1 fully saturated rings. The molecule has 1 atom stereocenters. The maximum absolute atomic E-state index is 11.7. The van der Waals surface area contributed by atoms with Crippen molar-refractivity contribution in [2.75, 3.05) is 13.1 Å². The minimum absolute atomic E-state index is 0.0620. The Bertz CT molecular complexity index is 604. The van der Waals surface area contributed by atoms with Crippen LogP contribution in [0.2, 0.25) is 5.02 Å². The van der Waals surface area contributed by atoms with Crippen molar-refractivity contribution in [1.29, 1.82) is 0 Å². The van der Waals surface area contributed by atoms with Gasteiger partial charge in [-0.05, 0) is 53.9 Å². The van der Waals surface area contributed by atoms with Gasteiger partial charge in [-0.2, -0.15) is 0 Å². The van der Waals surface area contributed by atoms with Crippen molar-refractivity contribution in [3.8, 4) is 0 Å². The van der Waals surface area contributed by atoms with E-state index < -0.39 is 0 Å². The third-order valence-corrected chi connectivity index (χ3v) is 4.81. The smallest absolute Gasteiger partial charge is 0.289 e. The van der Waals surface area contributed by atoms with E-state index in [-0.39, 0.29) is 17.1 Å². The molecule has 1 aliphatic rings. The lowest BCUT2D eigenvalue weighted by atomic mass is 9.82. The Balaban J connectivity index is 2.00. The third-order valence-electron chi connectivity index (χ3n) is 4.58. The number of likely N-dealkylation sites (tertiary alicyclic amines) is 1. The lowest BCUT2D eigenvalue weighted by Gasteiger charge is -2.24. The quantitative estimate of drug-likeness (QED) is 0.780. The predicted molar refractivity (Wildman–Crippen MR) is 93.8 cm³/mol. The third kappa shape index (κ3) is 4.57. The monoisotopic (exact) mass is 335 g/mol. The van der Waals surface area contributed by atoms with Crippen molar-refractivity contribution >= 4 is 23.3 Å². The Morgan fingerprint density at radius 1 is 1.30 bits per heavy atom. The predicted octanol–water partition coefficient (Wildman–Crippen LogP) is 4.01. The van der Waals surface area contributed by atoms with Crippen LogP contribution in [0.3, 0.4) is 0 Å². The molecule has 3 nitrogen and oxygen atoms in total. The van der Waals surface area contributed by atoms with Gasteiger partial charge in [0, 0.05) is 25.0 Å². The summed E-state index contributed by atoms with van der Waals surface area (Å²) in [6.07, 6.45) is 3.00. The van der Waals surface area contributed by atoms with E-state index in [0.29, 0.717) is 19.0 Å². The Hall–Kier alpha value is -1.35. The molecule has 2 rings (SSSR count). The molecular weight excluding hydrogens is 310 g/mol. The van der Waals surface area contributed by atoms with Gasteiger partial charge in [0.05, 0.1) is 0 Å². The summed E-state index contributed by atoms with van der Waals surface area (Å²) in [5, 5.41) is 0.776. The minimum atomic E-state index is -0.363. The second-order valence-corrected chi connectivity index (χ2v) is 7.99. The first kappa shape index (κ1) is 18.0. The van der Waals surface area contributed by atoms with Crippen molar-refractivity contribution in [1.82, 2.24) is 4.90 Å². The number of halogens is 1. The van der Waals surface area contributed by atoms with Crippen molar-refractivity contribution < 1.29 is 9.59 Å². The number of benzene rings is 1. The summed E-state index contributed by atoms with van der Waals surface area (Å²) in [7, 11) is 0. The largest absolute Gasteiger partial charge is 0.336 e. The standard InChI is InChI=1S/C19H26ClNO2/c1-13(22)18(23)21-10-9-14(12-21)5-6-15-7-8-16(20)11-17(15)19(2,3)4/h7-8,11,14H,5-6,9-10,12H2,1-4H3. The van der Waals surface area contributed by atoms with E-state index in [4.69, 9.17) is 11.6 Å². The molecule has 1 unspecified atom stereocenters. The van der Waals surface area contributed by atoms with Crippen LogP contribution in [-0.2, 0) is 21.4 Å². The molecule has 0 saturated carbocycles. The van der Waals surface area contributed by atoms with E-state index in [9.17, 15) is 9.59 Å². The Morgan fingerprint density at radius 3 is 2.61 bits per heavy atom. The lowest BCUT2D eigenvalue weighted by Crippen LogP contribution is -2.33. The molecule has 1 amide bonds. The first-order chi connectivity index (χ1) is 10.7. The van der Waals surface area contributed by atoms with Crippen LogP contribution in [0.4, 0.5) is 0 Å². The van der Waals surface area contributed by atoms with Crippen LogP contribution in [0, 0.1) is 5.92 Å². The van der Waals surface area contributed by atoms with E-state index in [2.05, 4.69) is 32.9 Å². The van der Waals surface area contributed by atoms with Crippen LogP contribution < -0.4 is 0 Å². The number of carbonyl (C=O) groups excluding carboxylic acids is 2. The average Bonchev–Trinajstić information content (AvgIpc) is 2.92. The van der Waals surface area contributed by atoms with Gasteiger partial charge in [-0.3, -0.25) is 9.59 Å². The summed E-state index contributed by atoms with van der Waals surface area (Å²) in [6, 6.07) is 6.14. The van der Waals surface area contributed by atoms with Crippen molar-refractivity contribution in [2.24, 2.45) is 5.92 Å². The number of hydrogen-bond acceptors (Lipinski definition) is 2. The number of carbonyl (C=O) groups is 2. The molecule has 0 N–H and O–H groups in total. The second-order valence-electron chi connectivity index (χ2n) is 7.55. The van der Waals surface area contributed by atoms with Crippen LogP contribution >= 0.6 is 11.6 Å². The zero-order chi connectivity index (χ0) is 17.2. The lowest BCUT2D eigenvalue weighted by molar-refractivity contribution is -0.142. The maximum Gasteiger partial charge on any atom is 0.289 e. The number of Topliss-reactive ketones (excluding diaryl/α,β-unsaturated/α-hetero) is 1. The highest BCUT2D eigenvalue weighted by Crippen LogP contribution is 2.31. The molecule has 1 saturated heterocycles. The first-order valence-electron chi connectivity index (χ1n) is 8.27. The number of hydrogen-bond donors (Lipinski definition) is 0. The molecule has 0 radical (unpaired) electrons. The van der Waals surface area contributed by atoms with Gasteiger partial charge < -0.3 is 4.90 Å². The molecule has 1 aromatic rings. The van der Waals surface area contributed by atoms with E-state index in [1.54, 1.807) is 4.90 Å². The molecule has 0 aromatic heterocycles. The van der Waals surface area contributed by atoms with E-state index >= 15 is 0 Å². The maximum atomic E-state index is 11.7. The Labute approximate surface area is 144 Å². The van der Waals surface area contributed by atoms with Gasteiger partial charge >= 0.3 is 0 Å². The number of aryl methyl sites for hydroxylation is 1. The number of ketones is 1. The Morgan fingerprint density at radius 2 is 2.00 bits per heavy atom. The molecule has 23 heavy (non-hydrogen) atoms. The summed E-state index contributed by atoms with van der Waals surface area (Å²) in [4.78, 5) is 24.6. The highest BCUT2D eigenvalue weighted by Gasteiger charge is 2.28. The first-order valence-corrected chi connectivity index (χ1v) is 8.65. The van der Waals surface area contributed by atoms with Gasteiger partial charge in [0.25, 0.3) is 5.91 Å². The molecular formula is C19H26ClNO2. The molecule has 0 aliphatic carbocycles. The Kier molecular flexibility index (Phi) is 5.51. The fraction of sp³-hybridized carbons (Fsp3) is 0.579. The van der Waals surface area contributed by atoms with Crippen LogP contribution in [0.1, 0.15) is 51.7 Å². The fourth-order valence-corrected chi connectivity index (χ4v) is 3.47. The van der Waals surface area contributed by atoms with Crippen molar-refractivity contribution in [2.45, 2.75) is 52.4 Å². The molecule has 1 heterocycles. The molecule has 126 valence electrons. The summed E-state index contributed by atoms with van der Waals surface area (Å²) < 4.78 is 0. The van der Waals surface area contributed by atoms with Gasteiger partial charge in [0.15, 0.2) is 0 Å². The summed E-state index contributed by atoms with van der Waals surface area (Å²) in [6.45, 7) is 9.35. The van der Waals surface area contributed by atoms with Crippen LogP contribution in [0.15, 0.2) is 18.2 Å². The van der Waals surface area contributed by atoms with Crippen LogP contribution in [0.25, 0.3) is 0 Å². The molecule has 1 aromatic carbocycles. The van der Waals surface area contributed by atoms with Crippen molar-refractivity contribution in [3.63, 3.8) is 0 Å². The van der Waals surface area contributed by atoms with Gasteiger partial charge in [-0.15, -0.1) is 0 Å². The molecule has 0 spiro atoms. The molecule has 0 bridgehead atoms. The van der Waals surface area contributed by atoms with Crippen LogP contribution in [0.5, 0.6) is 0 Å². The normalized spacial score (nSPS) is 18.3. The molecule has 1 aliphatic heterocycles. The molecule has 4 heteroatoms. The average molecular weight is 336 g/mol. The minimum Gasteiger partial charge on any atom is -0.336 e. The van der Waals surface area contributed by atoms with Gasteiger partial charge in [0.2, 0.25) is 5.78 Å². The second kappa shape index (κ2) is 7.04. The van der Waals surface area contributed by atoms with Gasteiger partial charge in [-0.1, -0.05) is 38.4 Å². The summed E-state index contributed by atoms with van der Waals surface area (Å²) in [5.41, 5.74) is 2.69. The van der Waals surface area contributed by atoms with E-state index in [1.807, 2.05) is 6.07 Å². The number of nitrogens with zero attached hydrogens (tertiary/aromatic N) is 1. The van der Waals surface area contributed by atoms with Gasteiger partial charge in [0.1, 0.15) is 0 Å². The SMILES string of the molecule is CC(=O)C(=O)N1CCC(CCc2ccc(Cl)cc2C(C)(C)C)C1. The van der Waals surface area contributed by atoms with E-state index in [1.165, 1.54) is 18.1 Å². The summed E-state index contributed by atoms with van der Waals surface area (Å²) >= 11 is 6.16. The zero-order valence-electron chi connectivity index (χ0n) is 14.5.